The Balaban J connectivity index is 1.54. The second-order valence-corrected chi connectivity index (χ2v) is 6.69. The summed E-state index contributed by atoms with van der Waals surface area (Å²) in [4.78, 5) is 5.83. The van der Waals surface area contributed by atoms with Crippen molar-refractivity contribution in [1.82, 2.24) is 15.2 Å². The summed E-state index contributed by atoms with van der Waals surface area (Å²) in [6.45, 7) is 2.12. The van der Waals surface area contributed by atoms with Crippen molar-refractivity contribution >= 4 is 0 Å². The second-order valence-electron chi connectivity index (χ2n) is 6.69. The van der Waals surface area contributed by atoms with Gasteiger partial charge in [-0.3, -0.25) is 4.90 Å². The van der Waals surface area contributed by atoms with E-state index in [1.807, 2.05) is 12.3 Å². The topological polar surface area (TPSA) is 40.3 Å². The molecule has 0 amide bonds. The maximum atomic E-state index is 5.44. The summed E-state index contributed by atoms with van der Waals surface area (Å²) in [5.74, 6) is 0.953. The maximum Gasteiger partial charge on any atom is 0.119 e. The zero-order valence-corrected chi connectivity index (χ0v) is 13.7. The summed E-state index contributed by atoms with van der Waals surface area (Å²) in [6, 6.07) is 12.5. The first-order chi connectivity index (χ1) is 11.3. The fourth-order valence-corrected chi connectivity index (χ4v) is 3.81. The number of aromatic amines is 1. The molecule has 23 heavy (non-hydrogen) atoms. The van der Waals surface area contributed by atoms with Crippen LogP contribution < -0.4 is 10.1 Å². The van der Waals surface area contributed by atoms with Crippen molar-refractivity contribution in [2.75, 3.05) is 13.7 Å². The van der Waals surface area contributed by atoms with Gasteiger partial charge in [-0.25, -0.2) is 0 Å². The van der Waals surface area contributed by atoms with Crippen LogP contribution in [0.4, 0.5) is 0 Å². The molecule has 0 radical (unpaired) electrons. The quantitative estimate of drug-likeness (QED) is 0.861. The highest BCUT2D eigenvalue weighted by molar-refractivity contribution is 5.32. The molecule has 122 valence electrons. The molecule has 0 spiro atoms. The number of benzene rings is 1. The number of hydrogen-bond donors (Lipinski definition) is 2. The fourth-order valence-electron chi connectivity index (χ4n) is 3.81. The molecule has 4 rings (SSSR count). The van der Waals surface area contributed by atoms with Crippen LogP contribution >= 0.6 is 0 Å². The van der Waals surface area contributed by atoms with Gasteiger partial charge in [0.15, 0.2) is 0 Å². The van der Waals surface area contributed by atoms with E-state index in [2.05, 4.69) is 45.7 Å². The lowest BCUT2D eigenvalue weighted by molar-refractivity contribution is 0.226. The molecule has 2 atom stereocenters. The van der Waals surface area contributed by atoms with Crippen molar-refractivity contribution in [2.24, 2.45) is 0 Å². The lowest BCUT2D eigenvalue weighted by atomic mass is 9.99. The second kappa shape index (κ2) is 6.38. The molecule has 2 aromatic rings. The van der Waals surface area contributed by atoms with Crippen LogP contribution in [0.2, 0.25) is 0 Å². The lowest BCUT2D eigenvalue weighted by Crippen LogP contribution is -2.36. The van der Waals surface area contributed by atoms with E-state index in [1.54, 1.807) is 7.11 Å². The van der Waals surface area contributed by atoms with Gasteiger partial charge in [-0.1, -0.05) is 12.1 Å². The molecule has 0 unspecified atom stereocenters. The highest BCUT2D eigenvalue weighted by Gasteiger charge is 2.42. The summed E-state index contributed by atoms with van der Waals surface area (Å²) in [6.07, 6.45) is 7.97. The average Bonchev–Trinajstić information content (AvgIpc) is 3.13. The third-order valence-electron chi connectivity index (χ3n) is 5.12. The Labute approximate surface area is 137 Å². The van der Waals surface area contributed by atoms with Crippen LogP contribution in [0.25, 0.3) is 0 Å². The zero-order chi connectivity index (χ0) is 15.6. The molecule has 1 aliphatic heterocycles. The smallest absolute Gasteiger partial charge is 0.119 e. The lowest BCUT2D eigenvalue weighted by Gasteiger charge is -2.29. The number of likely N-dealkylation sites (tertiary alicyclic amines) is 1. The first kappa shape index (κ1) is 14.8. The minimum absolute atomic E-state index is 0.455. The van der Waals surface area contributed by atoms with E-state index in [0.717, 1.165) is 18.3 Å². The molecule has 1 aliphatic carbocycles. The molecule has 2 N–H and O–H groups in total. The van der Waals surface area contributed by atoms with Gasteiger partial charge in [-0.15, -0.1) is 0 Å². The Morgan fingerprint density at radius 2 is 2.17 bits per heavy atom. The minimum Gasteiger partial charge on any atom is -0.497 e. The molecular weight excluding hydrogens is 286 g/mol. The number of aromatic nitrogens is 1. The SMILES string of the molecule is COc1cccc([C@@H]2[C@@H](NCc3cc[nH]c3)CCN2C2CC2)c1. The molecule has 4 heteroatoms. The summed E-state index contributed by atoms with van der Waals surface area (Å²) < 4.78 is 5.44. The van der Waals surface area contributed by atoms with Crippen LogP contribution in [0.5, 0.6) is 5.75 Å². The van der Waals surface area contributed by atoms with Gasteiger partial charge in [0.05, 0.1) is 13.2 Å². The summed E-state index contributed by atoms with van der Waals surface area (Å²) in [5.41, 5.74) is 2.69. The predicted molar refractivity (Wildman–Crippen MR) is 91.5 cm³/mol. The van der Waals surface area contributed by atoms with Gasteiger partial charge < -0.3 is 15.0 Å². The number of nitrogens with zero attached hydrogens (tertiary/aromatic N) is 1. The third-order valence-corrected chi connectivity index (χ3v) is 5.12. The molecule has 2 fully saturated rings. The van der Waals surface area contributed by atoms with Crippen LogP contribution in [0, 0.1) is 0 Å². The van der Waals surface area contributed by atoms with Gasteiger partial charge in [0, 0.05) is 37.6 Å². The molecule has 2 aliphatic rings. The van der Waals surface area contributed by atoms with Crippen molar-refractivity contribution in [2.45, 2.75) is 43.9 Å². The van der Waals surface area contributed by atoms with Crippen molar-refractivity contribution in [3.05, 3.63) is 53.9 Å². The normalized spacial score (nSPS) is 24.9. The zero-order valence-electron chi connectivity index (χ0n) is 13.7. The van der Waals surface area contributed by atoms with E-state index in [-0.39, 0.29) is 0 Å². The van der Waals surface area contributed by atoms with E-state index in [0.29, 0.717) is 12.1 Å². The van der Waals surface area contributed by atoms with Gasteiger partial charge >= 0.3 is 0 Å². The number of ether oxygens (including phenoxy) is 1. The molecule has 1 saturated heterocycles. The Bertz CT molecular complexity index is 636. The first-order valence-corrected chi connectivity index (χ1v) is 8.60. The van der Waals surface area contributed by atoms with E-state index in [4.69, 9.17) is 4.74 Å². The summed E-state index contributed by atoms with van der Waals surface area (Å²) in [7, 11) is 1.74. The summed E-state index contributed by atoms with van der Waals surface area (Å²) in [5, 5.41) is 3.78. The van der Waals surface area contributed by atoms with E-state index in [9.17, 15) is 0 Å². The van der Waals surface area contributed by atoms with E-state index >= 15 is 0 Å². The fraction of sp³-hybridized carbons (Fsp3) is 0.474. The number of nitrogens with one attached hydrogen (secondary N) is 2. The maximum absolute atomic E-state index is 5.44. The van der Waals surface area contributed by atoms with Gasteiger partial charge in [0.2, 0.25) is 0 Å². The number of rotatable bonds is 6. The van der Waals surface area contributed by atoms with Gasteiger partial charge in [-0.05, 0) is 48.6 Å². The number of hydrogen-bond acceptors (Lipinski definition) is 3. The van der Waals surface area contributed by atoms with Crippen LogP contribution in [0.15, 0.2) is 42.7 Å². The predicted octanol–water partition coefficient (Wildman–Crippen LogP) is 3.09. The third kappa shape index (κ3) is 3.14. The largest absolute Gasteiger partial charge is 0.497 e. The Kier molecular flexibility index (Phi) is 4.10. The highest BCUT2D eigenvalue weighted by atomic mass is 16.5. The van der Waals surface area contributed by atoms with Crippen LogP contribution in [0.3, 0.4) is 0 Å². The Morgan fingerprint density at radius 1 is 1.26 bits per heavy atom. The van der Waals surface area contributed by atoms with Crippen LogP contribution in [0.1, 0.15) is 36.4 Å². The van der Waals surface area contributed by atoms with Gasteiger partial charge in [0.1, 0.15) is 5.75 Å². The first-order valence-electron chi connectivity index (χ1n) is 8.60. The Hall–Kier alpha value is -1.78. The number of methoxy groups -OCH3 is 1. The molecule has 1 saturated carbocycles. The van der Waals surface area contributed by atoms with Crippen LogP contribution in [-0.2, 0) is 6.54 Å². The molecule has 1 aromatic carbocycles. The molecule has 4 nitrogen and oxygen atoms in total. The van der Waals surface area contributed by atoms with Crippen molar-refractivity contribution in [3.63, 3.8) is 0 Å². The number of H-pyrrole nitrogens is 1. The van der Waals surface area contributed by atoms with Crippen molar-refractivity contribution in [3.8, 4) is 5.75 Å². The standard InChI is InChI=1S/C19H25N3O/c1-23-17-4-2-3-15(11-17)19-18(8-10-22(19)16-5-6-16)21-13-14-7-9-20-12-14/h2-4,7,9,11-12,16,18-21H,5-6,8,10,13H2,1H3/t18-,19+/m0/s1. The van der Waals surface area contributed by atoms with Crippen molar-refractivity contribution in [1.29, 1.82) is 0 Å². The van der Waals surface area contributed by atoms with Crippen LogP contribution in [-0.4, -0.2) is 35.6 Å². The van der Waals surface area contributed by atoms with Gasteiger partial charge in [0.25, 0.3) is 0 Å². The monoisotopic (exact) mass is 311 g/mol. The van der Waals surface area contributed by atoms with Gasteiger partial charge in [-0.2, -0.15) is 0 Å². The minimum atomic E-state index is 0.455. The molecule has 1 aromatic heterocycles. The Morgan fingerprint density at radius 3 is 2.91 bits per heavy atom. The molecule has 0 bridgehead atoms. The molecule has 2 heterocycles. The van der Waals surface area contributed by atoms with Crippen molar-refractivity contribution < 1.29 is 4.74 Å². The highest BCUT2D eigenvalue weighted by Crippen LogP contribution is 2.41. The van der Waals surface area contributed by atoms with E-state index in [1.165, 1.54) is 36.9 Å². The summed E-state index contributed by atoms with van der Waals surface area (Å²) >= 11 is 0. The van der Waals surface area contributed by atoms with E-state index < -0.39 is 0 Å². The molecular formula is C19H25N3O. The average molecular weight is 311 g/mol.